The largest absolute Gasteiger partial charge is 0.496 e. The van der Waals surface area contributed by atoms with Crippen LogP contribution in [-0.2, 0) is 31.0 Å². The van der Waals surface area contributed by atoms with Gasteiger partial charge in [0.05, 0.1) is 25.8 Å². The van der Waals surface area contributed by atoms with Crippen molar-refractivity contribution >= 4 is 33.4 Å². The Hall–Kier alpha value is -4.76. The fourth-order valence-corrected chi connectivity index (χ4v) is 5.93. The number of rotatable bonds is 13. The molecule has 0 bridgehead atoms. The smallest absolute Gasteiger partial charge is 0.323 e. The lowest BCUT2D eigenvalue weighted by molar-refractivity contribution is -0.139. The maximum absolute atomic E-state index is 12.7. The lowest BCUT2D eigenvalue weighted by Gasteiger charge is -2.16. The number of sulfonamides is 1. The minimum atomic E-state index is -4.26. The minimum absolute atomic E-state index is 0.0164. The molecule has 15 heteroatoms. The minimum Gasteiger partial charge on any atom is -0.496 e. The van der Waals surface area contributed by atoms with Gasteiger partial charge in [0.2, 0.25) is 15.9 Å². The van der Waals surface area contributed by atoms with Crippen LogP contribution >= 0.6 is 0 Å². The monoisotopic (exact) mass is 612 g/mol. The molecule has 0 radical (unpaired) electrons. The van der Waals surface area contributed by atoms with Crippen LogP contribution in [0.3, 0.4) is 0 Å². The standard InChI is InChI=1S/C28H32N6O8S/c1-16-26(17(2)41-32-16)43(38,39)34-23(28(36)37)15-30-25(35)13-21-12-22(33-42-21)18-8-10-19(11-9-18)27(29)31-14-20-6-4-5-7-24(20)40-3/h4-11,21,23,34H,12-15H2,1-3H3,(H2,29,31)(H,30,35)(H,36,37)/t21-,23+/m1/s1. The number of amides is 1. The number of nitrogens with two attached hydrogens (primary N) is 1. The van der Waals surface area contributed by atoms with Crippen molar-refractivity contribution in [3.8, 4) is 5.75 Å². The average Bonchev–Trinajstić information content (AvgIpc) is 3.59. The van der Waals surface area contributed by atoms with Crippen molar-refractivity contribution in [2.45, 2.75) is 50.3 Å². The molecule has 3 aromatic rings. The molecule has 0 saturated heterocycles. The Morgan fingerprint density at radius 3 is 2.56 bits per heavy atom. The summed E-state index contributed by atoms with van der Waals surface area (Å²) < 4.78 is 37.6. The second-order valence-electron chi connectivity index (χ2n) is 9.73. The second kappa shape index (κ2) is 13.5. The molecule has 1 aliphatic heterocycles. The van der Waals surface area contributed by atoms with Gasteiger partial charge in [-0.15, -0.1) is 0 Å². The summed E-state index contributed by atoms with van der Waals surface area (Å²) in [5.41, 5.74) is 9.32. The third-order valence-electron chi connectivity index (χ3n) is 6.61. The fourth-order valence-electron chi connectivity index (χ4n) is 4.42. The first kappa shape index (κ1) is 31.2. The first-order valence-electron chi connectivity index (χ1n) is 13.2. The lowest BCUT2D eigenvalue weighted by Crippen LogP contribution is -2.48. The summed E-state index contributed by atoms with van der Waals surface area (Å²) in [6.45, 7) is 2.69. The molecule has 0 fully saturated rings. The molecule has 2 aromatic carbocycles. The molecule has 2 atom stereocenters. The van der Waals surface area contributed by atoms with Gasteiger partial charge in [0.1, 0.15) is 34.3 Å². The summed E-state index contributed by atoms with van der Waals surface area (Å²) in [6, 6.07) is 13.2. The van der Waals surface area contributed by atoms with Crippen LogP contribution in [0.1, 0.15) is 41.0 Å². The number of nitrogens with zero attached hydrogens (tertiary/aromatic N) is 3. The van der Waals surface area contributed by atoms with Crippen molar-refractivity contribution in [1.82, 2.24) is 15.2 Å². The zero-order chi connectivity index (χ0) is 31.1. The highest BCUT2D eigenvalue weighted by Crippen LogP contribution is 2.21. The number of carbonyl (C=O) groups is 2. The van der Waals surface area contributed by atoms with E-state index in [0.29, 0.717) is 24.5 Å². The number of para-hydroxylation sites is 1. The molecule has 0 saturated carbocycles. The van der Waals surface area contributed by atoms with Crippen LogP contribution in [0.2, 0.25) is 0 Å². The predicted molar refractivity (Wildman–Crippen MR) is 155 cm³/mol. The molecule has 43 heavy (non-hydrogen) atoms. The first-order chi connectivity index (χ1) is 20.5. The molecule has 0 aliphatic carbocycles. The summed E-state index contributed by atoms with van der Waals surface area (Å²) in [7, 11) is -2.66. The molecule has 1 aromatic heterocycles. The van der Waals surface area contributed by atoms with Gasteiger partial charge < -0.3 is 30.3 Å². The molecule has 228 valence electrons. The zero-order valence-corrected chi connectivity index (χ0v) is 24.6. The van der Waals surface area contributed by atoms with Crippen molar-refractivity contribution in [3.05, 3.63) is 76.7 Å². The van der Waals surface area contributed by atoms with Gasteiger partial charge in [0, 0.05) is 24.1 Å². The molecule has 1 amide bonds. The summed E-state index contributed by atoms with van der Waals surface area (Å²) >= 11 is 0. The number of carboxylic acids is 1. The van der Waals surface area contributed by atoms with Gasteiger partial charge in [-0.25, -0.2) is 8.42 Å². The van der Waals surface area contributed by atoms with Crippen molar-refractivity contribution < 1.29 is 37.2 Å². The number of methoxy groups -OCH3 is 1. The summed E-state index contributed by atoms with van der Waals surface area (Å²) in [6.07, 6.45) is -0.355. The van der Waals surface area contributed by atoms with E-state index in [1.807, 2.05) is 48.5 Å². The van der Waals surface area contributed by atoms with Crippen LogP contribution in [0.15, 0.2) is 68.1 Å². The molecule has 0 spiro atoms. The molecular weight excluding hydrogens is 580 g/mol. The van der Waals surface area contributed by atoms with Crippen molar-refractivity contribution in [3.63, 3.8) is 0 Å². The SMILES string of the molecule is COc1ccccc1CN=C(N)c1ccc(C2=NO[C@@H](CC(=O)NC[C@H](NS(=O)(=O)c3c(C)noc3C)C(=O)O)C2)cc1. The van der Waals surface area contributed by atoms with Gasteiger partial charge in [0.15, 0.2) is 5.76 Å². The highest BCUT2D eigenvalue weighted by molar-refractivity contribution is 7.89. The Bertz CT molecular complexity index is 1630. The average molecular weight is 613 g/mol. The quantitative estimate of drug-likeness (QED) is 0.162. The van der Waals surface area contributed by atoms with Crippen molar-refractivity contribution in [1.29, 1.82) is 0 Å². The number of aryl methyl sites for hydroxylation is 2. The highest BCUT2D eigenvalue weighted by atomic mass is 32.2. The number of benzene rings is 2. The molecule has 0 unspecified atom stereocenters. The molecule has 14 nitrogen and oxygen atoms in total. The zero-order valence-electron chi connectivity index (χ0n) is 23.7. The van der Waals surface area contributed by atoms with E-state index in [0.717, 1.165) is 22.4 Å². The van der Waals surface area contributed by atoms with Gasteiger partial charge in [0.25, 0.3) is 0 Å². The van der Waals surface area contributed by atoms with Gasteiger partial charge in [-0.05, 0) is 25.5 Å². The third kappa shape index (κ3) is 7.75. The number of oxime groups is 1. The lowest BCUT2D eigenvalue weighted by atomic mass is 10.0. The van der Waals surface area contributed by atoms with Gasteiger partial charge in [-0.2, -0.15) is 4.72 Å². The Morgan fingerprint density at radius 1 is 1.19 bits per heavy atom. The number of hydrogen-bond donors (Lipinski definition) is 4. The first-order valence-corrected chi connectivity index (χ1v) is 14.7. The van der Waals surface area contributed by atoms with Gasteiger partial charge >= 0.3 is 5.97 Å². The van der Waals surface area contributed by atoms with E-state index in [9.17, 15) is 23.1 Å². The Morgan fingerprint density at radius 2 is 1.91 bits per heavy atom. The topological polar surface area (TPSA) is 208 Å². The summed E-state index contributed by atoms with van der Waals surface area (Å²) in [4.78, 5) is 33.8. The van der Waals surface area contributed by atoms with E-state index in [1.165, 1.54) is 13.8 Å². The molecule has 1 aliphatic rings. The van der Waals surface area contributed by atoms with Crippen LogP contribution in [0.25, 0.3) is 0 Å². The van der Waals surface area contributed by atoms with E-state index in [4.69, 9.17) is 19.8 Å². The Kier molecular flexibility index (Phi) is 9.77. The number of aliphatic imine (C=N–C) groups is 1. The van der Waals surface area contributed by atoms with Crippen LogP contribution in [-0.4, -0.2) is 67.9 Å². The predicted octanol–water partition coefficient (Wildman–Crippen LogP) is 1.64. The van der Waals surface area contributed by atoms with Crippen molar-refractivity contribution in [2.24, 2.45) is 15.9 Å². The number of nitrogens with one attached hydrogen (secondary N) is 2. The number of hydrogen-bond acceptors (Lipinski definition) is 10. The van der Waals surface area contributed by atoms with E-state index in [-0.39, 0.29) is 22.8 Å². The summed E-state index contributed by atoms with van der Waals surface area (Å²) in [5.74, 6) is -0.879. The van der Waals surface area contributed by atoms with E-state index < -0.39 is 40.6 Å². The van der Waals surface area contributed by atoms with Crippen LogP contribution < -0.4 is 20.5 Å². The maximum Gasteiger partial charge on any atom is 0.323 e. The molecule has 5 N–H and O–H groups in total. The number of aliphatic carboxylic acids is 1. The number of carbonyl (C=O) groups excluding carboxylic acids is 1. The van der Waals surface area contributed by atoms with Gasteiger partial charge in [-0.1, -0.05) is 52.8 Å². The maximum atomic E-state index is 12.7. The van der Waals surface area contributed by atoms with E-state index in [2.05, 4.69) is 25.3 Å². The Labute approximate surface area is 248 Å². The Balaban J connectivity index is 1.28. The third-order valence-corrected chi connectivity index (χ3v) is 8.32. The van der Waals surface area contributed by atoms with Gasteiger partial charge in [-0.3, -0.25) is 14.6 Å². The molecular formula is C28H32N6O8S. The van der Waals surface area contributed by atoms with Crippen LogP contribution in [0.5, 0.6) is 5.75 Å². The van der Waals surface area contributed by atoms with E-state index in [1.54, 1.807) is 7.11 Å². The number of amidine groups is 1. The fraction of sp³-hybridized carbons (Fsp3) is 0.321. The molecule has 4 rings (SSSR count). The number of carboxylic acid groups (broad SMARTS) is 1. The van der Waals surface area contributed by atoms with E-state index >= 15 is 0 Å². The van der Waals surface area contributed by atoms with Crippen LogP contribution in [0, 0.1) is 13.8 Å². The second-order valence-corrected chi connectivity index (χ2v) is 11.4. The number of aromatic nitrogens is 1. The van der Waals surface area contributed by atoms with Crippen molar-refractivity contribution in [2.75, 3.05) is 13.7 Å². The summed E-state index contributed by atoms with van der Waals surface area (Å²) in [5, 5.41) is 19.6. The van der Waals surface area contributed by atoms with Crippen LogP contribution in [0.4, 0.5) is 0 Å². The molecule has 2 heterocycles. The highest BCUT2D eigenvalue weighted by Gasteiger charge is 2.31. The normalized spacial score (nSPS) is 15.8. The number of ether oxygens (including phenoxy) is 1.